The van der Waals surface area contributed by atoms with Gasteiger partial charge in [0.05, 0.1) is 11.1 Å². The third kappa shape index (κ3) is 2.39. The molecule has 0 saturated heterocycles. The summed E-state index contributed by atoms with van der Waals surface area (Å²) in [5.74, 6) is 3.14. The number of allylic oxidation sites excluding steroid dienone is 2. The van der Waals surface area contributed by atoms with Gasteiger partial charge in [0.1, 0.15) is 0 Å². The molecule has 0 heterocycles. The molecular weight excluding hydrogens is 244 g/mol. The lowest BCUT2D eigenvalue weighted by Crippen LogP contribution is -2.19. The molecule has 0 fully saturated rings. The van der Waals surface area contributed by atoms with Crippen LogP contribution in [0.25, 0.3) is 0 Å². The molecule has 96 valence electrons. The van der Waals surface area contributed by atoms with Crippen molar-refractivity contribution in [1.82, 2.24) is 0 Å². The minimum absolute atomic E-state index is 0.0938. The van der Waals surface area contributed by atoms with E-state index in [-0.39, 0.29) is 25.0 Å². The van der Waals surface area contributed by atoms with E-state index in [0.717, 1.165) is 0 Å². The highest BCUT2D eigenvalue weighted by Crippen LogP contribution is 2.44. The van der Waals surface area contributed by atoms with Gasteiger partial charge >= 0.3 is 11.9 Å². The van der Waals surface area contributed by atoms with E-state index in [4.69, 9.17) is 22.3 Å². The summed E-state index contributed by atoms with van der Waals surface area (Å²) in [6.07, 6.45) is 14.6. The zero-order chi connectivity index (χ0) is 13.8. The van der Waals surface area contributed by atoms with Crippen molar-refractivity contribution in [2.75, 3.05) is 13.2 Å². The molecule has 0 radical (unpaired) electrons. The van der Waals surface area contributed by atoms with Crippen LogP contribution >= 0.6 is 0 Å². The fourth-order valence-corrected chi connectivity index (χ4v) is 2.42. The minimum Gasteiger partial charge on any atom is -0.449 e. The second-order valence-corrected chi connectivity index (χ2v) is 4.22. The van der Waals surface area contributed by atoms with Crippen molar-refractivity contribution in [3.63, 3.8) is 0 Å². The fraction of sp³-hybridized carbons (Fsp3) is 0.333. The second-order valence-electron chi connectivity index (χ2n) is 4.22. The Kier molecular flexibility index (Phi) is 3.73. The number of esters is 2. The Bertz CT molecular complexity index is 506. The summed E-state index contributed by atoms with van der Waals surface area (Å²) in [5, 5.41) is 0. The number of rotatable bonds is 4. The summed E-state index contributed by atoms with van der Waals surface area (Å²) >= 11 is 0. The maximum atomic E-state index is 11.9. The normalized spacial score (nSPS) is 22.8. The molecule has 2 atom stereocenters. The average molecular weight is 256 g/mol. The first kappa shape index (κ1) is 13.0. The number of fused-ring (bicyclic) bond motifs is 2. The van der Waals surface area contributed by atoms with Crippen LogP contribution in [-0.4, -0.2) is 25.2 Å². The van der Waals surface area contributed by atoms with Crippen molar-refractivity contribution in [3.05, 3.63) is 23.3 Å². The second kappa shape index (κ2) is 5.46. The first-order valence-corrected chi connectivity index (χ1v) is 5.82. The van der Waals surface area contributed by atoms with E-state index in [1.807, 2.05) is 12.2 Å². The van der Waals surface area contributed by atoms with E-state index in [2.05, 4.69) is 11.8 Å². The highest BCUT2D eigenvalue weighted by atomic mass is 16.5. The predicted octanol–water partition coefficient (Wildman–Crippen LogP) is 0.842. The molecule has 0 saturated carbocycles. The Morgan fingerprint density at radius 2 is 1.47 bits per heavy atom. The van der Waals surface area contributed by atoms with E-state index in [1.165, 1.54) is 0 Å². The molecule has 4 heteroatoms. The predicted molar refractivity (Wildman–Crippen MR) is 67.3 cm³/mol. The van der Waals surface area contributed by atoms with Crippen molar-refractivity contribution in [2.24, 2.45) is 11.8 Å². The van der Waals surface area contributed by atoms with E-state index >= 15 is 0 Å². The molecule has 0 N–H and O–H groups in total. The fourth-order valence-electron chi connectivity index (χ4n) is 2.42. The van der Waals surface area contributed by atoms with Gasteiger partial charge in [-0.25, -0.2) is 9.59 Å². The van der Waals surface area contributed by atoms with Crippen LogP contribution in [0.4, 0.5) is 0 Å². The van der Waals surface area contributed by atoms with Crippen LogP contribution in [0.15, 0.2) is 23.3 Å². The molecule has 2 rings (SSSR count). The third-order valence-electron chi connectivity index (χ3n) is 3.13. The molecule has 2 aliphatic rings. The van der Waals surface area contributed by atoms with Crippen LogP contribution in [0.2, 0.25) is 0 Å². The molecule has 4 nitrogen and oxygen atoms in total. The van der Waals surface area contributed by atoms with Crippen molar-refractivity contribution in [2.45, 2.75) is 6.42 Å². The molecule has 0 aromatic carbocycles. The van der Waals surface area contributed by atoms with E-state index in [1.54, 1.807) is 0 Å². The van der Waals surface area contributed by atoms with Gasteiger partial charge in [-0.05, 0) is 6.42 Å². The Balaban J connectivity index is 2.22. The van der Waals surface area contributed by atoms with Gasteiger partial charge < -0.3 is 9.47 Å². The minimum atomic E-state index is -0.553. The van der Waals surface area contributed by atoms with Crippen LogP contribution in [0.5, 0.6) is 0 Å². The van der Waals surface area contributed by atoms with Crippen LogP contribution in [0.1, 0.15) is 6.42 Å². The molecule has 2 unspecified atom stereocenters. The molecule has 0 spiro atoms. The molecule has 2 aliphatic carbocycles. The molecule has 19 heavy (non-hydrogen) atoms. The number of carbonyl (C=O) groups is 2. The molecule has 0 aliphatic heterocycles. The third-order valence-corrected chi connectivity index (χ3v) is 3.13. The summed E-state index contributed by atoms with van der Waals surface area (Å²) in [5.41, 5.74) is 0.703. The molecular formula is C15H12O4. The quantitative estimate of drug-likeness (QED) is 0.425. The number of ether oxygens (including phenoxy) is 2. The van der Waals surface area contributed by atoms with Crippen molar-refractivity contribution >= 4 is 11.9 Å². The standard InChI is InChI=1S/C15H12O4/c1-3-7-18-14(16)12-10-5-6-11(9-10)13(12)15(17)19-8-4-2/h1-2,5-6,10-11H,7-9H2. The summed E-state index contributed by atoms with van der Waals surface area (Å²) < 4.78 is 9.80. The topological polar surface area (TPSA) is 52.6 Å². The Morgan fingerprint density at radius 1 is 1.05 bits per heavy atom. The average Bonchev–Trinajstić information content (AvgIpc) is 3.02. The smallest absolute Gasteiger partial charge is 0.336 e. The highest BCUT2D eigenvalue weighted by Gasteiger charge is 2.42. The van der Waals surface area contributed by atoms with Gasteiger partial charge in [-0.3, -0.25) is 0 Å². The zero-order valence-electron chi connectivity index (χ0n) is 10.2. The summed E-state index contributed by atoms with van der Waals surface area (Å²) in [4.78, 5) is 23.9. The Morgan fingerprint density at radius 3 is 1.84 bits per heavy atom. The van der Waals surface area contributed by atoms with Crippen LogP contribution < -0.4 is 0 Å². The van der Waals surface area contributed by atoms with Gasteiger partial charge in [0.15, 0.2) is 13.2 Å². The Labute approximate surface area is 111 Å². The van der Waals surface area contributed by atoms with Crippen molar-refractivity contribution in [1.29, 1.82) is 0 Å². The molecule has 0 aromatic rings. The highest BCUT2D eigenvalue weighted by molar-refractivity contribution is 6.03. The first-order valence-electron chi connectivity index (χ1n) is 5.82. The number of carbonyl (C=O) groups excluding carboxylic acids is 2. The van der Waals surface area contributed by atoms with Crippen molar-refractivity contribution < 1.29 is 19.1 Å². The lowest BCUT2D eigenvalue weighted by molar-refractivity contribution is -0.141. The number of hydrogen-bond donors (Lipinski definition) is 0. The lowest BCUT2D eigenvalue weighted by atomic mass is 9.97. The van der Waals surface area contributed by atoms with E-state index < -0.39 is 11.9 Å². The Hall–Kier alpha value is -2.46. The van der Waals surface area contributed by atoms with Gasteiger partial charge in [-0.1, -0.05) is 24.0 Å². The number of hydrogen-bond acceptors (Lipinski definition) is 4. The maximum Gasteiger partial charge on any atom is 0.336 e. The molecule has 0 amide bonds. The lowest BCUT2D eigenvalue weighted by Gasteiger charge is -2.13. The number of terminal acetylenes is 2. The molecule has 2 bridgehead atoms. The summed E-state index contributed by atoms with van der Waals surface area (Å²) in [7, 11) is 0. The zero-order valence-corrected chi connectivity index (χ0v) is 10.2. The van der Waals surface area contributed by atoms with Crippen LogP contribution in [0, 0.1) is 36.5 Å². The maximum absolute atomic E-state index is 11.9. The van der Waals surface area contributed by atoms with Crippen LogP contribution in [-0.2, 0) is 19.1 Å². The van der Waals surface area contributed by atoms with Gasteiger partial charge in [0, 0.05) is 11.8 Å². The van der Waals surface area contributed by atoms with Gasteiger partial charge in [0.2, 0.25) is 0 Å². The first-order chi connectivity index (χ1) is 9.19. The van der Waals surface area contributed by atoms with E-state index in [9.17, 15) is 9.59 Å². The van der Waals surface area contributed by atoms with Gasteiger partial charge in [-0.15, -0.1) is 12.8 Å². The SMILES string of the molecule is C#CCOC(=O)C1=C(C(=O)OCC#C)C2C=CC1C2. The summed E-state index contributed by atoms with van der Waals surface area (Å²) in [6, 6.07) is 0. The van der Waals surface area contributed by atoms with Crippen molar-refractivity contribution in [3.8, 4) is 24.7 Å². The van der Waals surface area contributed by atoms with Crippen LogP contribution in [0.3, 0.4) is 0 Å². The monoisotopic (exact) mass is 256 g/mol. The van der Waals surface area contributed by atoms with Gasteiger partial charge in [0.25, 0.3) is 0 Å². The van der Waals surface area contributed by atoms with Gasteiger partial charge in [-0.2, -0.15) is 0 Å². The van der Waals surface area contributed by atoms with E-state index in [0.29, 0.717) is 17.6 Å². The largest absolute Gasteiger partial charge is 0.449 e. The summed E-state index contributed by atoms with van der Waals surface area (Å²) in [6.45, 7) is -0.230. The molecule has 0 aromatic heterocycles.